The molecular formula is C16H19N5O2. The van der Waals surface area contributed by atoms with Crippen LogP contribution in [-0.2, 0) is 0 Å². The normalized spacial score (nSPS) is 13.7. The molecule has 7 heteroatoms. The van der Waals surface area contributed by atoms with Gasteiger partial charge in [0.15, 0.2) is 0 Å². The monoisotopic (exact) mass is 313 g/mol. The Bertz CT molecular complexity index is 686. The lowest BCUT2D eigenvalue weighted by Crippen LogP contribution is -2.22. The van der Waals surface area contributed by atoms with Crippen LogP contribution in [0.1, 0.15) is 12.8 Å². The van der Waals surface area contributed by atoms with Crippen LogP contribution in [0.25, 0.3) is 0 Å². The summed E-state index contributed by atoms with van der Waals surface area (Å²) < 4.78 is 5.13. The molecule has 0 atom stereocenters. The van der Waals surface area contributed by atoms with Gasteiger partial charge < -0.3 is 15.0 Å². The molecular weight excluding hydrogens is 294 g/mol. The number of hydrogen-bond acceptors (Lipinski definition) is 5. The number of carbonyl (C=O) groups excluding carboxylic acids is 1. The first-order valence-electron chi connectivity index (χ1n) is 7.53. The van der Waals surface area contributed by atoms with Crippen LogP contribution in [0.3, 0.4) is 0 Å². The second-order valence-corrected chi connectivity index (χ2v) is 5.27. The number of amides is 2. The van der Waals surface area contributed by atoms with Crippen molar-refractivity contribution in [2.45, 2.75) is 12.8 Å². The highest BCUT2D eigenvalue weighted by molar-refractivity contribution is 5.99. The summed E-state index contributed by atoms with van der Waals surface area (Å²) in [6.07, 6.45) is 3.81. The third-order valence-electron chi connectivity index (χ3n) is 3.65. The standard InChI is InChI=1S/C16H19N5O2/c1-23-13-6-4-5-12(9-13)19-16(22)20-14-10-15(18-11-17-14)21-7-2-3-8-21/h4-6,9-11H,2-3,7-8H2,1H3,(H2,17,18,19,20,22). The molecule has 120 valence electrons. The van der Waals surface area contributed by atoms with Gasteiger partial charge in [0, 0.05) is 30.9 Å². The predicted molar refractivity (Wildman–Crippen MR) is 89.1 cm³/mol. The molecule has 2 heterocycles. The molecule has 23 heavy (non-hydrogen) atoms. The maximum absolute atomic E-state index is 12.1. The maximum atomic E-state index is 12.1. The average molecular weight is 313 g/mol. The van der Waals surface area contributed by atoms with Crippen LogP contribution in [0.4, 0.5) is 22.1 Å². The van der Waals surface area contributed by atoms with E-state index < -0.39 is 0 Å². The summed E-state index contributed by atoms with van der Waals surface area (Å²) in [4.78, 5) is 22.6. The smallest absolute Gasteiger partial charge is 0.324 e. The lowest BCUT2D eigenvalue weighted by Gasteiger charge is -2.16. The van der Waals surface area contributed by atoms with E-state index in [9.17, 15) is 4.79 Å². The Balaban J connectivity index is 1.64. The van der Waals surface area contributed by atoms with Gasteiger partial charge in [0.25, 0.3) is 0 Å². The van der Waals surface area contributed by atoms with Crippen LogP contribution in [0.15, 0.2) is 36.7 Å². The van der Waals surface area contributed by atoms with Crippen LogP contribution >= 0.6 is 0 Å². The van der Waals surface area contributed by atoms with E-state index in [1.54, 1.807) is 25.3 Å². The lowest BCUT2D eigenvalue weighted by atomic mass is 10.3. The Morgan fingerprint density at radius 1 is 1.17 bits per heavy atom. The number of benzene rings is 1. The quantitative estimate of drug-likeness (QED) is 0.907. The van der Waals surface area contributed by atoms with Crippen molar-refractivity contribution in [2.24, 2.45) is 0 Å². The molecule has 1 aliphatic rings. The fraction of sp³-hybridized carbons (Fsp3) is 0.312. The number of hydrogen-bond donors (Lipinski definition) is 2. The largest absolute Gasteiger partial charge is 0.497 e. The molecule has 0 bridgehead atoms. The Hall–Kier alpha value is -2.83. The Labute approximate surface area is 134 Å². The second kappa shape index (κ2) is 6.95. The summed E-state index contributed by atoms with van der Waals surface area (Å²) in [7, 11) is 1.58. The zero-order chi connectivity index (χ0) is 16.1. The van der Waals surface area contributed by atoms with E-state index in [-0.39, 0.29) is 6.03 Å². The van der Waals surface area contributed by atoms with Gasteiger partial charge in [-0.05, 0) is 25.0 Å². The number of urea groups is 1. The molecule has 1 aromatic carbocycles. The number of carbonyl (C=O) groups is 1. The minimum atomic E-state index is -0.357. The van der Waals surface area contributed by atoms with E-state index in [1.807, 2.05) is 12.1 Å². The van der Waals surface area contributed by atoms with Gasteiger partial charge >= 0.3 is 6.03 Å². The molecule has 2 N–H and O–H groups in total. The van der Waals surface area contributed by atoms with E-state index in [1.165, 1.54) is 19.2 Å². The van der Waals surface area contributed by atoms with Crippen LogP contribution in [0.2, 0.25) is 0 Å². The predicted octanol–water partition coefficient (Wildman–Crippen LogP) is 2.73. The highest BCUT2D eigenvalue weighted by Crippen LogP contribution is 2.20. The third-order valence-corrected chi connectivity index (χ3v) is 3.65. The summed E-state index contributed by atoms with van der Waals surface area (Å²) in [5, 5.41) is 5.47. The lowest BCUT2D eigenvalue weighted by molar-refractivity contribution is 0.262. The third kappa shape index (κ3) is 3.88. The van der Waals surface area contributed by atoms with E-state index in [0.717, 1.165) is 18.9 Å². The summed E-state index contributed by atoms with van der Waals surface area (Å²) >= 11 is 0. The van der Waals surface area contributed by atoms with Gasteiger partial charge in [-0.2, -0.15) is 0 Å². The minimum absolute atomic E-state index is 0.357. The number of rotatable bonds is 4. The van der Waals surface area contributed by atoms with Gasteiger partial charge in [-0.15, -0.1) is 0 Å². The van der Waals surface area contributed by atoms with E-state index in [2.05, 4.69) is 25.5 Å². The number of aromatic nitrogens is 2. The van der Waals surface area contributed by atoms with Gasteiger partial charge in [0.05, 0.1) is 7.11 Å². The molecule has 1 saturated heterocycles. The second-order valence-electron chi connectivity index (χ2n) is 5.27. The number of nitrogens with zero attached hydrogens (tertiary/aromatic N) is 3. The number of anilines is 3. The van der Waals surface area contributed by atoms with Gasteiger partial charge in [0.1, 0.15) is 23.7 Å². The first-order valence-corrected chi connectivity index (χ1v) is 7.53. The van der Waals surface area contributed by atoms with Crippen molar-refractivity contribution in [1.29, 1.82) is 0 Å². The molecule has 3 rings (SSSR count). The zero-order valence-corrected chi connectivity index (χ0v) is 13.0. The fourth-order valence-electron chi connectivity index (χ4n) is 2.51. The molecule has 0 unspecified atom stereocenters. The molecule has 1 aromatic heterocycles. The van der Waals surface area contributed by atoms with Crippen molar-refractivity contribution >= 4 is 23.4 Å². The average Bonchev–Trinajstić information content (AvgIpc) is 3.09. The molecule has 1 fully saturated rings. The van der Waals surface area contributed by atoms with Crippen molar-refractivity contribution in [3.8, 4) is 5.75 Å². The van der Waals surface area contributed by atoms with E-state index in [4.69, 9.17) is 4.74 Å². The molecule has 0 aliphatic carbocycles. The summed E-state index contributed by atoms with van der Waals surface area (Å²) in [5.41, 5.74) is 0.649. The molecule has 2 amide bonds. The number of ether oxygens (including phenoxy) is 1. The van der Waals surface area contributed by atoms with Crippen molar-refractivity contribution in [1.82, 2.24) is 9.97 Å². The number of nitrogens with one attached hydrogen (secondary N) is 2. The Morgan fingerprint density at radius 2 is 2.00 bits per heavy atom. The van der Waals surface area contributed by atoms with Crippen LogP contribution in [0.5, 0.6) is 5.75 Å². The SMILES string of the molecule is COc1cccc(NC(=O)Nc2cc(N3CCCC3)ncn2)c1. The highest BCUT2D eigenvalue weighted by Gasteiger charge is 2.14. The first kappa shape index (κ1) is 15.1. The van der Waals surface area contributed by atoms with E-state index >= 15 is 0 Å². The van der Waals surface area contributed by atoms with E-state index in [0.29, 0.717) is 17.3 Å². The molecule has 7 nitrogen and oxygen atoms in total. The van der Waals surface area contributed by atoms with Gasteiger partial charge in [0.2, 0.25) is 0 Å². The van der Waals surface area contributed by atoms with Crippen LogP contribution < -0.4 is 20.3 Å². The summed E-state index contributed by atoms with van der Waals surface area (Å²) in [6.45, 7) is 1.99. The van der Waals surface area contributed by atoms with Crippen molar-refractivity contribution in [3.05, 3.63) is 36.7 Å². The summed E-state index contributed by atoms with van der Waals surface area (Å²) in [6, 6.07) is 8.59. The highest BCUT2D eigenvalue weighted by atomic mass is 16.5. The molecule has 0 saturated carbocycles. The Morgan fingerprint density at radius 3 is 2.78 bits per heavy atom. The van der Waals surface area contributed by atoms with Crippen molar-refractivity contribution in [3.63, 3.8) is 0 Å². The topological polar surface area (TPSA) is 79.4 Å². The summed E-state index contributed by atoms with van der Waals surface area (Å²) in [5.74, 6) is 2.00. The maximum Gasteiger partial charge on any atom is 0.324 e. The Kier molecular flexibility index (Phi) is 4.56. The molecule has 1 aliphatic heterocycles. The van der Waals surface area contributed by atoms with Gasteiger partial charge in [-0.1, -0.05) is 6.07 Å². The van der Waals surface area contributed by atoms with Crippen molar-refractivity contribution < 1.29 is 9.53 Å². The van der Waals surface area contributed by atoms with Crippen molar-refractivity contribution in [2.75, 3.05) is 35.7 Å². The first-order chi connectivity index (χ1) is 11.2. The molecule has 2 aromatic rings. The zero-order valence-electron chi connectivity index (χ0n) is 13.0. The minimum Gasteiger partial charge on any atom is -0.497 e. The van der Waals surface area contributed by atoms with Gasteiger partial charge in [-0.3, -0.25) is 5.32 Å². The van der Waals surface area contributed by atoms with Crippen LogP contribution in [0, 0.1) is 0 Å². The molecule has 0 radical (unpaired) electrons. The van der Waals surface area contributed by atoms with Crippen LogP contribution in [-0.4, -0.2) is 36.2 Å². The number of methoxy groups -OCH3 is 1. The molecule has 0 spiro atoms. The fourth-order valence-corrected chi connectivity index (χ4v) is 2.51. The van der Waals surface area contributed by atoms with Gasteiger partial charge in [-0.25, -0.2) is 14.8 Å².